The Hall–Kier alpha value is -6.38. The van der Waals surface area contributed by atoms with Crippen molar-refractivity contribution in [1.29, 1.82) is 0 Å². The van der Waals surface area contributed by atoms with Gasteiger partial charge in [0.05, 0.1) is 0 Å². The Morgan fingerprint density at radius 2 is 0.907 bits per heavy atom. The molecule has 2 aliphatic carbocycles. The minimum atomic E-state index is -0.112. The fraction of sp³-hybridized carbons (Fsp3) is 0.115. The molecular weight excluding hydrogens is 655 g/mol. The first kappa shape index (κ1) is 31.2. The second kappa shape index (κ2) is 11.1. The average Bonchev–Trinajstić information content (AvgIpc) is 3.76. The first-order chi connectivity index (χ1) is 26.3. The normalized spacial score (nSPS) is 14.6. The Kier molecular flexibility index (Phi) is 6.39. The SMILES string of the molecule is CC1(C)c2ccccc2-c2ccc(N(c3cccc(-c4cccc5c4oc4cc6ccccc6cc45)c3)c3ccc4c(c3)C(C)(C)c3ccccc3-4)cc21. The van der Waals surface area contributed by atoms with Gasteiger partial charge in [-0.05, 0) is 109 Å². The fourth-order valence-electron chi connectivity index (χ4n) is 9.63. The van der Waals surface area contributed by atoms with Crippen molar-refractivity contribution in [2.45, 2.75) is 38.5 Å². The minimum absolute atomic E-state index is 0.112. The van der Waals surface area contributed by atoms with Gasteiger partial charge in [0, 0.05) is 44.2 Å². The van der Waals surface area contributed by atoms with Crippen LogP contribution < -0.4 is 4.90 Å². The lowest BCUT2D eigenvalue weighted by Gasteiger charge is -2.30. The zero-order valence-electron chi connectivity index (χ0n) is 30.9. The van der Waals surface area contributed by atoms with E-state index in [1.54, 1.807) is 0 Å². The van der Waals surface area contributed by atoms with Crippen LogP contribution in [-0.2, 0) is 10.8 Å². The molecule has 54 heavy (non-hydrogen) atoms. The van der Waals surface area contributed by atoms with Crippen LogP contribution in [0.1, 0.15) is 49.9 Å². The molecule has 1 heterocycles. The van der Waals surface area contributed by atoms with Gasteiger partial charge in [0.15, 0.2) is 0 Å². The number of benzene rings is 8. The van der Waals surface area contributed by atoms with E-state index in [2.05, 4.69) is 196 Å². The van der Waals surface area contributed by atoms with Gasteiger partial charge in [-0.15, -0.1) is 0 Å². The van der Waals surface area contributed by atoms with E-state index in [1.165, 1.54) is 55.3 Å². The Morgan fingerprint density at radius 3 is 1.56 bits per heavy atom. The third kappa shape index (κ3) is 4.34. The van der Waals surface area contributed by atoms with Crippen LogP contribution >= 0.6 is 0 Å². The maximum Gasteiger partial charge on any atom is 0.143 e. The summed E-state index contributed by atoms with van der Waals surface area (Å²) in [6.45, 7) is 9.44. The van der Waals surface area contributed by atoms with Crippen LogP contribution in [0.25, 0.3) is 66.1 Å². The highest BCUT2D eigenvalue weighted by atomic mass is 16.3. The molecule has 2 heteroatoms. The average molecular weight is 694 g/mol. The molecule has 9 aromatic rings. The van der Waals surface area contributed by atoms with E-state index in [0.29, 0.717) is 0 Å². The molecule has 0 bridgehead atoms. The number of fused-ring (bicyclic) bond motifs is 10. The maximum absolute atomic E-state index is 6.71. The third-order valence-electron chi connectivity index (χ3n) is 12.4. The molecule has 1 aromatic heterocycles. The minimum Gasteiger partial charge on any atom is -0.455 e. The lowest BCUT2D eigenvalue weighted by atomic mass is 9.82. The van der Waals surface area contributed by atoms with E-state index < -0.39 is 0 Å². The van der Waals surface area contributed by atoms with Crippen molar-refractivity contribution in [2.24, 2.45) is 0 Å². The van der Waals surface area contributed by atoms with E-state index in [4.69, 9.17) is 4.42 Å². The van der Waals surface area contributed by atoms with Gasteiger partial charge in [0.2, 0.25) is 0 Å². The summed E-state index contributed by atoms with van der Waals surface area (Å²) in [5.74, 6) is 0. The maximum atomic E-state index is 6.71. The Morgan fingerprint density at radius 1 is 0.389 bits per heavy atom. The number of nitrogens with zero attached hydrogens (tertiary/aromatic N) is 1. The van der Waals surface area contributed by atoms with Gasteiger partial charge in [-0.25, -0.2) is 0 Å². The van der Waals surface area contributed by atoms with Gasteiger partial charge in [0.25, 0.3) is 0 Å². The quantitative estimate of drug-likeness (QED) is 0.182. The molecule has 0 radical (unpaired) electrons. The molecule has 0 spiro atoms. The zero-order valence-corrected chi connectivity index (χ0v) is 30.9. The number of rotatable bonds is 4. The highest BCUT2D eigenvalue weighted by Gasteiger charge is 2.37. The predicted molar refractivity (Wildman–Crippen MR) is 226 cm³/mol. The molecule has 0 atom stereocenters. The highest BCUT2D eigenvalue weighted by molar-refractivity contribution is 6.13. The number of hydrogen-bond donors (Lipinski definition) is 0. The molecular formula is C52H39NO. The predicted octanol–water partition coefficient (Wildman–Crippen LogP) is 14.5. The van der Waals surface area contributed by atoms with E-state index in [1.807, 2.05) is 0 Å². The lowest BCUT2D eigenvalue weighted by molar-refractivity contribution is 0.660. The summed E-state index contributed by atoms with van der Waals surface area (Å²) in [5.41, 5.74) is 18.0. The number of para-hydroxylation sites is 1. The van der Waals surface area contributed by atoms with Crippen LogP contribution in [0.3, 0.4) is 0 Å². The zero-order chi connectivity index (χ0) is 36.3. The van der Waals surface area contributed by atoms with Gasteiger partial charge >= 0.3 is 0 Å². The smallest absolute Gasteiger partial charge is 0.143 e. The van der Waals surface area contributed by atoms with E-state index in [9.17, 15) is 0 Å². The summed E-state index contributed by atoms with van der Waals surface area (Å²) in [6.07, 6.45) is 0. The molecule has 0 unspecified atom stereocenters. The fourth-order valence-corrected chi connectivity index (χ4v) is 9.63. The van der Waals surface area contributed by atoms with Crippen LogP contribution in [-0.4, -0.2) is 0 Å². The molecule has 258 valence electrons. The van der Waals surface area contributed by atoms with Crippen LogP contribution in [0.2, 0.25) is 0 Å². The van der Waals surface area contributed by atoms with Crippen molar-refractivity contribution in [2.75, 3.05) is 4.90 Å². The van der Waals surface area contributed by atoms with Crippen molar-refractivity contribution >= 4 is 49.8 Å². The largest absolute Gasteiger partial charge is 0.455 e. The Labute approximate surface area is 315 Å². The van der Waals surface area contributed by atoms with Gasteiger partial charge in [-0.2, -0.15) is 0 Å². The van der Waals surface area contributed by atoms with Gasteiger partial charge in [-0.3, -0.25) is 0 Å². The van der Waals surface area contributed by atoms with Crippen molar-refractivity contribution in [3.05, 3.63) is 186 Å². The summed E-state index contributed by atoms with van der Waals surface area (Å²) < 4.78 is 6.71. The molecule has 0 saturated heterocycles. The molecule has 11 rings (SSSR count). The number of furan rings is 1. The highest BCUT2D eigenvalue weighted by Crippen LogP contribution is 2.53. The lowest BCUT2D eigenvalue weighted by Crippen LogP contribution is -2.18. The second-order valence-corrected chi connectivity index (χ2v) is 16.2. The van der Waals surface area contributed by atoms with Crippen molar-refractivity contribution in [1.82, 2.24) is 0 Å². The van der Waals surface area contributed by atoms with Gasteiger partial charge in [-0.1, -0.05) is 143 Å². The Balaban J connectivity index is 1.11. The molecule has 0 aliphatic heterocycles. The van der Waals surface area contributed by atoms with Crippen LogP contribution in [0, 0.1) is 0 Å². The first-order valence-corrected chi connectivity index (χ1v) is 19.0. The third-order valence-corrected chi connectivity index (χ3v) is 12.4. The van der Waals surface area contributed by atoms with Crippen molar-refractivity contribution < 1.29 is 4.42 Å². The molecule has 0 N–H and O–H groups in total. The molecule has 2 nitrogen and oxygen atoms in total. The van der Waals surface area contributed by atoms with Crippen LogP contribution in [0.5, 0.6) is 0 Å². The van der Waals surface area contributed by atoms with Gasteiger partial charge < -0.3 is 9.32 Å². The summed E-state index contributed by atoms with van der Waals surface area (Å²) in [7, 11) is 0. The Bertz CT molecular complexity index is 2910. The van der Waals surface area contributed by atoms with Crippen LogP contribution in [0.15, 0.2) is 168 Å². The topological polar surface area (TPSA) is 16.4 Å². The first-order valence-electron chi connectivity index (χ1n) is 19.0. The summed E-state index contributed by atoms with van der Waals surface area (Å²) >= 11 is 0. The summed E-state index contributed by atoms with van der Waals surface area (Å²) in [4.78, 5) is 2.45. The number of anilines is 3. The molecule has 0 saturated carbocycles. The summed E-state index contributed by atoms with van der Waals surface area (Å²) in [5, 5.41) is 4.68. The second-order valence-electron chi connectivity index (χ2n) is 16.2. The van der Waals surface area contributed by atoms with E-state index in [-0.39, 0.29) is 10.8 Å². The number of hydrogen-bond acceptors (Lipinski definition) is 2. The van der Waals surface area contributed by atoms with Crippen molar-refractivity contribution in [3.8, 4) is 33.4 Å². The monoisotopic (exact) mass is 693 g/mol. The standard InChI is InChI=1S/C52H39NO/c1-51(2)45-21-9-7-17-39(45)41-25-23-36(30-47(41)51)53(37-24-26-42-40-18-8-10-22-46(40)52(3,4)48(42)31-37)35-16-11-15-34(27-35)38-19-12-20-43-44-28-32-13-5-6-14-33(32)29-49(44)54-50(38)43/h5-31H,1-4H3. The molecule has 0 fully saturated rings. The molecule has 2 aliphatic rings. The van der Waals surface area contributed by atoms with Gasteiger partial charge in [0.1, 0.15) is 11.2 Å². The molecule has 8 aromatic carbocycles. The molecule has 0 amide bonds. The van der Waals surface area contributed by atoms with Crippen molar-refractivity contribution in [3.63, 3.8) is 0 Å². The van der Waals surface area contributed by atoms with Crippen LogP contribution in [0.4, 0.5) is 17.1 Å². The van der Waals surface area contributed by atoms with E-state index in [0.717, 1.165) is 50.1 Å². The summed E-state index contributed by atoms with van der Waals surface area (Å²) in [6, 6.07) is 60.4. The van der Waals surface area contributed by atoms with E-state index >= 15 is 0 Å².